The quantitative estimate of drug-likeness (QED) is 0.729. The summed E-state index contributed by atoms with van der Waals surface area (Å²) in [5.41, 5.74) is 1.46. The average molecular weight is 365 g/mol. The average Bonchev–Trinajstić information content (AvgIpc) is 2.91. The van der Waals surface area contributed by atoms with Gasteiger partial charge in [-0.15, -0.1) is 0 Å². The normalized spacial score (nSPS) is 18.5. The number of aliphatic hydroxyl groups excluding tert-OH is 1. The molecule has 0 aromatic heterocycles. The molecule has 0 radical (unpaired) electrons. The van der Waals surface area contributed by atoms with Crippen LogP contribution in [0.4, 0.5) is 0 Å². The van der Waals surface area contributed by atoms with Crippen LogP contribution in [0.25, 0.3) is 0 Å². The van der Waals surface area contributed by atoms with Crippen molar-refractivity contribution in [2.45, 2.75) is 64.8 Å². The van der Waals surface area contributed by atoms with Crippen LogP contribution >= 0.6 is 0 Å². The second kappa shape index (κ2) is 9.07. The van der Waals surface area contributed by atoms with Crippen LogP contribution in [0.2, 0.25) is 0 Å². The van der Waals surface area contributed by atoms with E-state index in [-0.39, 0.29) is 12.1 Å². The number of benzene rings is 1. The lowest BCUT2D eigenvalue weighted by atomic mass is 10.0. The molecule has 1 aliphatic rings. The summed E-state index contributed by atoms with van der Waals surface area (Å²) in [6, 6.07) is 6.50. The minimum atomic E-state index is -0.534. The smallest absolute Gasteiger partial charge is 0.161 e. The monoisotopic (exact) mass is 364 g/mol. The standard InChI is InChI=1S/C21H36N2O3/c1-16(2)22(5)14-18(24)15-26-20-12-17(8-9-19(20)25-6)13-23-11-7-10-21(23,3)4/h8-9,12,16,18,24H,7,10-11,13-15H2,1-6H3/t18-/m1/s1. The largest absolute Gasteiger partial charge is 0.493 e. The van der Waals surface area contributed by atoms with Crippen molar-refractivity contribution in [3.8, 4) is 11.5 Å². The van der Waals surface area contributed by atoms with Crippen molar-refractivity contribution in [1.29, 1.82) is 0 Å². The van der Waals surface area contributed by atoms with E-state index in [1.54, 1.807) is 7.11 Å². The van der Waals surface area contributed by atoms with Crippen LogP contribution < -0.4 is 9.47 Å². The van der Waals surface area contributed by atoms with Crippen LogP contribution in [0.3, 0.4) is 0 Å². The van der Waals surface area contributed by atoms with Gasteiger partial charge in [-0.25, -0.2) is 0 Å². The van der Waals surface area contributed by atoms with Gasteiger partial charge < -0.3 is 19.5 Å². The molecule has 26 heavy (non-hydrogen) atoms. The third-order valence-corrected chi connectivity index (χ3v) is 5.49. The highest BCUT2D eigenvalue weighted by atomic mass is 16.5. The predicted octanol–water partition coefficient (Wildman–Crippen LogP) is 3.15. The molecule has 0 amide bonds. The first-order chi connectivity index (χ1) is 12.2. The third-order valence-electron chi connectivity index (χ3n) is 5.49. The summed E-state index contributed by atoms with van der Waals surface area (Å²) in [6.07, 6.45) is 1.96. The van der Waals surface area contributed by atoms with Gasteiger partial charge in [0.2, 0.25) is 0 Å². The van der Waals surface area contributed by atoms with Gasteiger partial charge in [-0.05, 0) is 71.8 Å². The Morgan fingerprint density at radius 2 is 2.00 bits per heavy atom. The van der Waals surface area contributed by atoms with Crippen molar-refractivity contribution in [3.63, 3.8) is 0 Å². The molecule has 1 aromatic rings. The zero-order chi connectivity index (χ0) is 19.3. The van der Waals surface area contributed by atoms with Gasteiger partial charge in [0.25, 0.3) is 0 Å². The number of hydrogen-bond acceptors (Lipinski definition) is 5. The fraction of sp³-hybridized carbons (Fsp3) is 0.714. The van der Waals surface area contributed by atoms with Crippen molar-refractivity contribution >= 4 is 0 Å². The van der Waals surface area contributed by atoms with E-state index in [1.807, 2.05) is 19.2 Å². The minimum Gasteiger partial charge on any atom is -0.493 e. The van der Waals surface area contributed by atoms with Gasteiger partial charge in [0.1, 0.15) is 12.7 Å². The summed E-state index contributed by atoms with van der Waals surface area (Å²) in [7, 11) is 3.65. The highest BCUT2D eigenvalue weighted by molar-refractivity contribution is 5.43. The van der Waals surface area contributed by atoms with Crippen LogP contribution in [0.15, 0.2) is 18.2 Å². The van der Waals surface area contributed by atoms with Crippen molar-refractivity contribution < 1.29 is 14.6 Å². The molecule has 1 saturated heterocycles. The van der Waals surface area contributed by atoms with E-state index < -0.39 is 6.10 Å². The molecule has 148 valence electrons. The topological polar surface area (TPSA) is 45.2 Å². The maximum absolute atomic E-state index is 10.2. The summed E-state index contributed by atoms with van der Waals surface area (Å²) in [6.45, 7) is 11.7. The molecule has 5 heteroatoms. The number of hydrogen-bond donors (Lipinski definition) is 1. The molecule has 2 rings (SSSR count). The lowest BCUT2D eigenvalue weighted by molar-refractivity contribution is 0.0667. The molecule has 0 bridgehead atoms. The first-order valence-corrected chi connectivity index (χ1v) is 9.66. The molecule has 0 aliphatic carbocycles. The first-order valence-electron chi connectivity index (χ1n) is 9.66. The second-order valence-corrected chi connectivity index (χ2v) is 8.32. The number of ether oxygens (including phenoxy) is 2. The van der Waals surface area contributed by atoms with Crippen LogP contribution in [-0.2, 0) is 6.54 Å². The Labute approximate surface area is 158 Å². The molecule has 1 atom stereocenters. The van der Waals surface area contributed by atoms with E-state index in [4.69, 9.17) is 9.47 Å². The zero-order valence-electron chi connectivity index (χ0n) is 17.3. The Bertz CT molecular complexity index is 574. The van der Waals surface area contributed by atoms with E-state index >= 15 is 0 Å². The number of likely N-dealkylation sites (N-methyl/N-ethyl adjacent to an activating group) is 1. The zero-order valence-corrected chi connectivity index (χ0v) is 17.3. The second-order valence-electron chi connectivity index (χ2n) is 8.32. The lowest BCUT2D eigenvalue weighted by Gasteiger charge is -2.31. The Kier molecular flexibility index (Phi) is 7.33. The van der Waals surface area contributed by atoms with Crippen LogP contribution in [0, 0.1) is 0 Å². The fourth-order valence-corrected chi connectivity index (χ4v) is 3.39. The minimum absolute atomic E-state index is 0.249. The van der Waals surface area contributed by atoms with Gasteiger partial charge in [0.15, 0.2) is 11.5 Å². The Morgan fingerprint density at radius 3 is 2.58 bits per heavy atom. The van der Waals surface area contributed by atoms with Crippen molar-refractivity contribution in [2.24, 2.45) is 0 Å². The van der Waals surface area contributed by atoms with Gasteiger partial charge in [-0.1, -0.05) is 6.07 Å². The predicted molar refractivity (Wildman–Crippen MR) is 106 cm³/mol. The molecule has 1 aliphatic heterocycles. The van der Waals surface area contributed by atoms with Crippen molar-refractivity contribution in [2.75, 3.05) is 33.9 Å². The Balaban J connectivity index is 2.00. The molecule has 1 heterocycles. The first kappa shape index (κ1) is 21.0. The molecule has 0 unspecified atom stereocenters. The molecular weight excluding hydrogens is 328 g/mol. The lowest BCUT2D eigenvalue weighted by Crippen LogP contribution is -2.37. The van der Waals surface area contributed by atoms with Crippen molar-refractivity contribution in [1.82, 2.24) is 9.80 Å². The highest BCUT2D eigenvalue weighted by Gasteiger charge is 2.31. The van der Waals surface area contributed by atoms with E-state index in [9.17, 15) is 5.11 Å². The summed E-state index contributed by atoms with van der Waals surface area (Å²) in [4.78, 5) is 4.63. The summed E-state index contributed by atoms with van der Waals surface area (Å²) >= 11 is 0. The van der Waals surface area contributed by atoms with E-state index in [0.29, 0.717) is 24.1 Å². The van der Waals surface area contributed by atoms with Gasteiger partial charge in [-0.2, -0.15) is 0 Å². The molecule has 5 nitrogen and oxygen atoms in total. The Hall–Kier alpha value is -1.30. The SMILES string of the molecule is COc1ccc(CN2CCCC2(C)C)cc1OC[C@H](O)CN(C)C(C)C. The number of aliphatic hydroxyl groups is 1. The van der Waals surface area contributed by atoms with Gasteiger partial charge >= 0.3 is 0 Å². The molecule has 0 saturated carbocycles. The number of methoxy groups -OCH3 is 1. The molecule has 0 spiro atoms. The third kappa shape index (κ3) is 5.60. The maximum Gasteiger partial charge on any atom is 0.161 e. The molecule has 1 aromatic carbocycles. The van der Waals surface area contributed by atoms with E-state index in [1.165, 1.54) is 18.4 Å². The van der Waals surface area contributed by atoms with E-state index in [0.717, 1.165) is 13.1 Å². The maximum atomic E-state index is 10.2. The van der Waals surface area contributed by atoms with Crippen LogP contribution in [-0.4, -0.2) is 66.4 Å². The summed E-state index contributed by atoms with van der Waals surface area (Å²) in [5.74, 6) is 1.41. The molecule has 1 fully saturated rings. The van der Waals surface area contributed by atoms with Crippen LogP contribution in [0.1, 0.15) is 46.1 Å². The van der Waals surface area contributed by atoms with Crippen molar-refractivity contribution in [3.05, 3.63) is 23.8 Å². The van der Waals surface area contributed by atoms with Gasteiger partial charge in [0, 0.05) is 24.7 Å². The Morgan fingerprint density at radius 1 is 1.27 bits per heavy atom. The number of rotatable bonds is 9. The summed E-state index contributed by atoms with van der Waals surface area (Å²) < 4.78 is 11.3. The fourth-order valence-electron chi connectivity index (χ4n) is 3.39. The molecule has 1 N–H and O–H groups in total. The summed E-state index contributed by atoms with van der Waals surface area (Å²) in [5, 5.41) is 10.2. The number of likely N-dealkylation sites (tertiary alicyclic amines) is 1. The molecular formula is C21H36N2O3. The highest BCUT2D eigenvalue weighted by Crippen LogP contribution is 2.33. The van der Waals surface area contributed by atoms with Gasteiger partial charge in [0.05, 0.1) is 7.11 Å². The van der Waals surface area contributed by atoms with Gasteiger partial charge in [-0.3, -0.25) is 4.90 Å². The van der Waals surface area contributed by atoms with Crippen LogP contribution in [0.5, 0.6) is 11.5 Å². The number of nitrogens with zero attached hydrogens (tertiary/aromatic N) is 2. The van der Waals surface area contributed by atoms with E-state index in [2.05, 4.69) is 43.6 Å².